The molecule has 88 valence electrons. The highest BCUT2D eigenvalue weighted by Gasteiger charge is 2.46. The third-order valence-corrected chi connectivity index (χ3v) is 5.36. The molecule has 2 nitrogen and oxygen atoms in total. The fraction of sp³-hybridized carbons (Fsp3) is 0.385. The number of thioether (sulfide) groups is 2. The SMILES string of the molecule is CSC1=C(SC)C(=O)C2=C(C1=O)[C@@H]1C=C[C@H]2C1. The Morgan fingerprint density at radius 3 is 1.71 bits per heavy atom. The van der Waals surface area contributed by atoms with E-state index in [1.165, 1.54) is 23.5 Å². The van der Waals surface area contributed by atoms with Crippen LogP contribution in [0.5, 0.6) is 0 Å². The normalized spacial score (nSPS) is 30.7. The number of Topliss-reactive ketones (excluding diaryl/α,β-unsaturated/α-hetero) is 2. The first-order valence-corrected chi connectivity index (χ1v) is 7.98. The van der Waals surface area contributed by atoms with E-state index < -0.39 is 0 Å². The van der Waals surface area contributed by atoms with Crippen molar-refractivity contribution in [2.24, 2.45) is 11.8 Å². The molecule has 0 fully saturated rings. The van der Waals surface area contributed by atoms with Crippen LogP contribution >= 0.6 is 23.5 Å². The topological polar surface area (TPSA) is 34.1 Å². The van der Waals surface area contributed by atoms with Crippen LogP contribution < -0.4 is 0 Å². The van der Waals surface area contributed by atoms with Gasteiger partial charge in [0.05, 0.1) is 9.81 Å². The lowest BCUT2D eigenvalue weighted by molar-refractivity contribution is -0.115. The molecule has 0 aromatic heterocycles. The Hall–Kier alpha value is -0.740. The van der Waals surface area contributed by atoms with E-state index in [0.29, 0.717) is 9.81 Å². The molecule has 4 heteroatoms. The summed E-state index contributed by atoms with van der Waals surface area (Å²) in [6, 6.07) is 0. The summed E-state index contributed by atoms with van der Waals surface area (Å²) in [7, 11) is 0. The smallest absolute Gasteiger partial charge is 0.197 e. The van der Waals surface area contributed by atoms with Gasteiger partial charge >= 0.3 is 0 Å². The molecule has 3 aliphatic rings. The van der Waals surface area contributed by atoms with Gasteiger partial charge in [0.1, 0.15) is 0 Å². The highest BCUT2D eigenvalue weighted by Crippen LogP contribution is 2.50. The van der Waals surface area contributed by atoms with Crippen molar-refractivity contribution < 1.29 is 9.59 Å². The van der Waals surface area contributed by atoms with Gasteiger partial charge in [-0.15, -0.1) is 23.5 Å². The zero-order chi connectivity index (χ0) is 12.2. The number of ketones is 2. The maximum absolute atomic E-state index is 12.4. The van der Waals surface area contributed by atoms with Crippen molar-refractivity contribution >= 4 is 35.1 Å². The lowest BCUT2D eigenvalue weighted by atomic mass is 9.87. The second-order valence-corrected chi connectivity index (χ2v) is 6.02. The standard InChI is InChI=1S/C13H12O2S2/c1-16-12-10(14)8-6-3-4-7(5-6)9(8)11(15)13(12)17-2/h3-4,6-7H,5H2,1-2H3/t6-,7+. The summed E-state index contributed by atoms with van der Waals surface area (Å²) in [6.45, 7) is 0. The molecule has 0 saturated heterocycles. The summed E-state index contributed by atoms with van der Waals surface area (Å²) < 4.78 is 0. The molecule has 3 rings (SSSR count). The Labute approximate surface area is 109 Å². The predicted octanol–water partition coefficient (Wildman–Crippen LogP) is 2.58. The van der Waals surface area contributed by atoms with Crippen molar-refractivity contribution in [3.63, 3.8) is 0 Å². The van der Waals surface area contributed by atoms with Crippen molar-refractivity contribution in [2.75, 3.05) is 12.5 Å². The molecule has 0 unspecified atom stereocenters. The van der Waals surface area contributed by atoms with Crippen molar-refractivity contribution in [2.45, 2.75) is 6.42 Å². The van der Waals surface area contributed by atoms with Gasteiger partial charge in [0, 0.05) is 23.0 Å². The molecular formula is C13H12O2S2. The van der Waals surface area contributed by atoms with E-state index in [1.807, 2.05) is 12.5 Å². The lowest BCUT2D eigenvalue weighted by Gasteiger charge is -2.22. The lowest BCUT2D eigenvalue weighted by Crippen LogP contribution is -2.24. The number of allylic oxidation sites excluding steroid dienone is 6. The van der Waals surface area contributed by atoms with E-state index in [9.17, 15) is 9.59 Å². The van der Waals surface area contributed by atoms with Gasteiger partial charge in [0.15, 0.2) is 11.6 Å². The van der Waals surface area contributed by atoms with Gasteiger partial charge in [-0.1, -0.05) is 12.2 Å². The first-order valence-electron chi connectivity index (χ1n) is 5.53. The number of rotatable bonds is 2. The first-order chi connectivity index (χ1) is 8.19. The maximum Gasteiger partial charge on any atom is 0.197 e. The summed E-state index contributed by atoms with van der Waals surface area (Å²) in [4.78, 5) is 26.1. The Morgan fingerprint density at radius 1 is 0.941 bits per heavy atom. The molecule has 0 aromatic rings. The van der Waals surface area contributed by atoms with Gasteiger partial charge in [-0.3, -0.25) is 9.59 Å². The van der Waals surface area contributed by atoms with Crippen molar-refractivity contribution in [1.82, 2.24) is 0 Å². The molecule has 0 spiro atoms. The zero-order valence-corrected chi connectivity index (χ0v) is 11.3. The average Bonchev–Trinajstić information content (AvgIpc) is 2.93. The van der Waals surface area contributed by atoms with Crippen LogP contribution in [0.15, 0.2) is 33.1 Å². The summed E-state index contributed by atoms with van der Waals surface area (Å²) in [6.07, 6.45) is 8.82. The first kappa shape index (κ1) is 11.4. The van der Waals surface area contributed by atoms with Gasteiger partial charge < -0.3 is 0 Å². The highest BCUT2D eigenvalue weighted by atomic mass is 32.2. The molecule has 2 bridgehead atoms. The van der Waals surface area contributed by atoms with Crippen molar-refractivity contribution in [3.05, 3.63) is 33.1 Å². The molecule has 3 aliphatic carbocycles. The van der Waals surface area contributed by atoms with E-state index in [-0.39, 0.29) is 23.4 Å². The molecular weight excluding hydrogens is 252 g/mol. The fourth-order valence-electron chi connectivity index (χ4n) is 2.93. The molecule has 0 aliphatic heterocycles. The minimum absolute atomic E-state index is 0.0910. The second kappa shape index (κ2) is 3.89. The van der Waals surface area contributed by atoms with E-state index in [2.05, 4.69) is 12.2 Å². The number of carbonyl (C=O) groups excluding carboxylic acids is 2. The van der Waals surface area contributed by atoms with Crippen LogP contribution in [0.2, 0.25) is 0 Å². The van der Waals surface area contributed by atoms with Crippen LogP contribution in [-0.2, 0) is 9.59 Å². The van der Waals surface area contributed by atoms with E-state index in [4.69, 9.17) is 0 Å². The maximum atomic E-state index is 12.4. The Morgan fingerprint density at radius 2 is 1.35 bits per heavy atom. The van der Waals surface area contributed by atoms with Crippen LogP contribution in [0.1, 0.15) is 6.42 Å². The highest BCUT2D eigenvalue weighted by molar-refractivity contribution is 8.07. The fourth-order valence-corrected chi connectivity index (χ4v) is 4.58. The van der Waals surface area contributed by atoms with Gasteiger partial charge in [-0.2, -0.15) is 0 Å². The summed E-state index contributed by atoms with van der Waals surface area (Å²) in [5.41, 5.74) is 1.56. The summed E-state index contributed by atoms with van der Waals surface area (Å²) in [5, 5.41) is 0. The Balaban J connectivity index is 2.14. The van der Waals surface area contributed by atoms with E-state index in [0.717, 1.165) is 17.6 Å². The van der Waals surface area contributed by atoms with Crippen LogP contribution in [0, 0.1) is 11.8 Å². The number of carbonyl (C=O) groups is 2. The molecule has 0 radical (unpaired) electrons. The average molecular weight is 264 g/mol. The number of hydrogen-bond acceptors (Lipinski definition) is 4. The quantitative estimate of drug-likeness (QED) is 0.567. The van der Waals surface area contributed by atoms with E-state index in [1.54, 1.807) is 0 Å². The monoisotopic (exact) mass is 264 g/mol. The number of hydrogen-bond donors (Lipinski definition) is 0. The molecule has 0 heterocycles. The largest absolute Gasteiger partial charge is 0.288 e. The Kier molecular flexibility index (Phi) is 2.60. The third-order valence-electron chi connectivity index (χ3n) is 3.63. The molecule has 0 aromatic carbocycles. The van der Waals surface area contributed by atoms with Crippen LogP contribution in [0.4, 0.5) is 0 Å². The van der Waals surface area contributed by atoms with E-state index >= 15 is 0 Å². The minimum atomic E-state index is 0.0910. The van der Waals surface area contributed by atoms with Gasteiger partial charge in [-0.25, -0.2) is 0 Å². The van der Waals surface area contributed by atoms with Crippen molar-refractivity contribution in [3.8, 4) is 0 Å². The van der Waals surface area contributed by atoms with Gasteiger partial charge in [0.25, 0.3) is 0 Å². The molecule has 0 saturated carbocycles. The van der Waals surface area contributed by atoms with Gasteiger partial charge in [-0.05, 0) is 18.9 Å². The molecule has 0 amide bonds. The third kappa shape index (κ3) is 1.37. The molecule has 2 atom stereocenters. The second-order valence-electron chi connectivity index (χ2n) is 4.39. The van der Waals surface area contributed by atoms with Crippen LogP contribution in [-0.4, -0.2) is 24.1 Å². The summed E-state index contributed by atoms with van der Waals surface area (Å²) in [5.74, 6) is 0.565. The predicted molar refractivity (Wildman–Crippen MR) is 71.8 cm³/mol. The molecule has 0 N–H and O–H groups in total. The minimum Gasteiger partial charge on any atom is -0.288 e. The zero-order valence-electron chi connectivity index (χ0n) is 9.65. The van der Waals surface area contributed by atoms with Crippen LogP contribution in [0.25, 0.3) is 0 Å². The Bertz CT molecular complexity index is 482. The molecule has 17 heavy (non-hydrogen) atoms. The van der Waals surface area contributed by atoms with Crippen LogP contribution in [0.3, 0.4) is 0 Å². The van der Waals surface area contributed by atoms with Gasteiger partial charge in [0.2, 0.25) is 0 Å². The number of fused-ring (bicyclic) bond motifs is 4. The summed E-state index contributed by atoms with van der Waals surface area (Å²) >= 11 is 2.79. The van der Waals surface area contributed by atoms with Crippen molar-refractivity contribution in [1.29, 1.82) is 0 Å².